The molecule has 0 saturated heterocycles. The highest BCUT2D eigenvalue weighted by molar-refractivity contribution is 6.30. The Morgan fingerprint density at radius 3 is 2.30 bits per heavy atom. The number of hydrogen-bond donors (Lipinski definition) is 1. The standard InChI is InChI=1S/C17H28ClNO/c1-13(2)11-19-12-16(9-14(3)20-4)10-15-5-7-17(18)8-6-15/h5-8,13-14,16,19H,9-12H2,1-4H3. The lowest BCUT2D eigenvalue weighted by atomic mass is 9.93. The zero-order valence-corrected chi connectivity index (χ0v) is 13.9. The molecule has 1 rings (SSSR count). The topological polar surface area (TPSA) is 21.3 Å². The summed E-state index contributed by atoms with van der Waals surface area (Å²) in [6.45, 7) is 8.71. The third-order valence-corrected chi connectivity index (χ3v) is 3.74. The van der Waals surface area contributed by atoms with Crippen LogP contribution in [0.25, 0.3) is 0 Å². The highest BCUT2D eigenvalue weighted by Crippen LogP contribution is 2.17. The summed E-state index contributed by atoms with van der Waals surface area (Å²) >= 11 is 5.94. The summed E-state index contributed by atoms with van der Waals surface area (Å²) in [5.74, 6) is 1.27. The molecule has 114 valence electrons. The number of benzene rings is 1. The monoisotopic (exact) mass is 297 g/mol. The van der Waals surface area contributed by atoms with Crippen molar-refractivity contribution in [3.8, 4) is 0 Å². The van der Waals surface area contributed by atoms with Crippen LogP contribution in [-0.2, 0) is 11.2 Å². The van der Waals surface area contributed by atoms with Gasteiger partial charge < -0.3 is 10.1 Å². The van der Waals surface area contributed by atoms with Gasteiger partial charge in [-0.05, 0) is 62.4 Å². The highest BCUT2D eigenvalue weighted by Gasteiger charge is 2.14. The Bertz CT molecular complexity index is 364. The van der Waals surface area contributed by atoms with Crippen LogP contribution in [-0.4, -0.2) is 26.3 Å². The molecule has 0 spiro atoms. The quantitative estimate of drug-likeness (QED) is 0.738. The van der Waals surface area contributed by atoms with Crippen molar-refractivity contribution in [1.82, 2.24) is 5.32 Å². The summed E-state index contributed by atoms with van der Waals surface area (Å²) < 4.78 is 5.42. The summed E-state index contributed by atoms with van der Waals surface area (Å²) in [6, 6.07) is 8.18. The Morgan fingerprint density at radius 2 is 1.75 bits per heavy atom. The van der Waals surface area contributed by atoms with Crippen LogP contribution >= 0.6 is 11.6 Å². The van der Waals surface area contributed by atoms with Crippen LogP contribution in [0.4, 0.5) is 0 Å². The van der Waals surface area contributed by atoms with Crippen molar-refractivity contribution in [2.75, 3.05) is 20.2 Å². The number of nitrogens with one attached hydrogen (secondary N) is 1. The van der Waals surface area contributed by atoms with Crippen LogP contribution in [0.2, 0.25) is 5.02 Å². The summed E-state index contributed by atoms with van der Waals surface area (Å²) in [6.07, 6.45) is 2.44. The van der Waals surface area contributed by atoms with Crippen molar-refractivity contribution in [1.29, 1.82) is 0 Å². The molecule has 0 bridgehead atoms. The molecular formula is C17H28ClNO. The van der Waals surface area contributed by atoms with Gasteiger partial charge in [0.05, 0.1) is 6.10 Å². The molecule has 0 radical (unpaired) electrons. The molecule has 0 amide bonds. The zero-order valence-electron chi connectivity index (χ0n) is 13.2. The van der Waals surface area contributed by atoms with Crippen LogP contribution in [0.15, 0.2) is 24.3 Å². The van der Waals surface area contributed by atoms with Crippen LogP contribution in [0.1, 0.15) is 32.8 Å². The van der Waals surface area contributed by atoms with E-state index in [0.717, 1.165) is 31.0 Å². The van der Waals surface area contributed by atoms with Crippen molar-refractivity contribution in [2.45, 2.75) is 39.7 Å². The van der Waals surface area contributed by atoms with Gasteiger partial charge in [-0.3, -0.25) is 0 Å². The molecule has 1 aromatic carbocycles. The Hall–Kier alpha value is -0.570. The fourth-order valence-electron chi connectivity index (χ4n) is 2.33. The van der Waals surface area contributed by atoms with E-state index in [-0.39, 0.29) is 0 Å². The van der Waals surface area contributed by atoms with E-state index in [1.54, 1.807) is 7.11 Å². The molecule has 0 fully saturated rings. The average Bonchev–Trinajstić information content (AvgIpc) is 2.40. The van der Waals surface area contributed by atoms with Gasteiger partial charge >= 0.3 is 0 Å². The van der Waals surface area contributed by atoms with E-state index >= 15 is 0 Å². The molecule has 0 heterocycles. The minimum atomic E-state index is 0.299. The second-order valence-corrected chi connectivity index (χ2v) is 6.47. The van der Waals surface area contributed by atoms with Crippen molar-refractivity contribution in [2.24, 2.45) is 11.8 Å². The Labute approximate surface area is 128 Å². The molecule has 1 N–H and O–H groups in total. The normalized spacial score (nSPS) is 14.5. The van der Waals surface area contributed by atoms with Gasteiger partial charge in [-0.15, -0.1) is 0 Å². The first kappa shape index (κ1) is 17.5. The summed E-state index contributed by atoms with van der Waals surface area (Å²) in [7, 11) is 1.78. The van der Waals surface area contributed by atoms with Gasteiger partial charge in [0.2, 0.25) is 0 Å². The number of hydrogen-bond acceptors (Lipinski definition) is 2. The second kappa shape index (κ2) is 9.38. The molecule has 1 aromatic rings. The van der Waals surface area contributed by atoms with E-state index in [9.17, 15) is 0 Å². The predicted octanol–water partition coefficient (Wildman–Crippen LogP) is 4.17. The molecule has 0 aliphatic carbocycles. The summed E-state index contributed by atoms with van der Waals surface area (Å²) in [4.78, 5) is 0. The first-order valence-corrected chi connectivity index (χ1v) is 7.87. The van der Waals surface area contributed by atoms with Crippen LogP contribution < -0.4 is 5.32 Å². The molecule has 0 aromatic heterocycles. The van der Waals surface area contributed by atoms with E-state index in [2.05, 4.69) is 38.2 Å². The average molecular weight is 298 g/mol. The fraction of sp³-hybridized carbons (Fsp3) is 0.647. The predicted molar refractivity (Wildman–Crippen MR) is 87.4 cm³/mol. The van der Waals surface area contributed by atoms with Gasteiger partial charge in [0.1, 0.15) is 0 Å². The molecule has 2 atom stereocenters. The van der Waals surface area contributed by atoms with Gasteiger partial charge in [-0.1, -0.05) is 37.6 Å². The van der Waals surface area contributed by atoms with Crippen molar-refractivity contribution < 1.29 is 4.74 Å². The van der Waals surface area contributed by atoms with Crippen LogP contribution in [0, 0.1) is 11.8 Å². The van der Waals surface area contributed by atoms with Crippen LogP contribution in [0.3, 0.4) is 0 Å². The minimum absolute atomic E-state index is 0.299. The maximum Gasteiger partial charge on any atom is 0.0546 e. The number of ether oxygens (including phenoxy) is 1. The lowest BCUT2D eigenvalue weighted by molar-refractivity contribution is 0.0945. The van der Waals surface area contributed by atoms with E-state index in [1.807, 2.05) is 12.1 Å². The summed E-state index contributed by atoms with van der Waals surface area (Å²) in [5.41, 5.74) is 1.34. The molecule has 0 aliphatic rings. The van der Waals surface area contributed by atoms with Gasteiger partial charge in [-0.25, -0.2) is 0 Å². The number of rotatable bonds is 9. The van der Waals surface area contributed by atoms with Crippen molar-refractivity contribution in [3.05, 3.63) is 34.9 Å². The molecule has 0 saturated carbocycles. The Balaban J connectivity index is 2.54. The molecule has 20 heavy (non-hydrogen) atoms. The largest absolute Gasteiger partial charge is 0.382 e. The molecular weight excluding hydrogens is 270 g/mol. The van der Waals surface area contributed by atoms with Crippen molar-refractivity contribution >= 4 is 11.6 Å². The lowest BCUT2D eigenvalue weighted by Crippen LogP contribution is -2.29. The van der Waals surface area contributed by atoms with E-state index in [1.165, 1.54) is 5.56 Å². The Kier molecular flexibility index (Phi) is 8.20. The maximum absolute atomic E-state index is 5.94. The SMILES string of the molecule is COC(C)CC(CNCC(C)C)Cc1ccc(Cl)cc1. The third-order valence-electron chi connectivity index (χ3n) is 3.49. The molecule has 0 aliphatic heterocycles. The zero-order chi connectivity index (χ0) is 15.0. The number of methoxy groups -OCH3 is 1. The smallest absolute Gasteiger partial charge is 0.0546 e. The van der Waals surface area contributed by atoms with Crippen LogP contribution in [0.5, 0.6) is 0 Å². The summed E-state index contributed by atoms with van der Waals surface area (Å²) in [5, 5.41) is 4.36. The molecule has 2 unspecified atom stereocenters. The minimum Gasteiger partial charge on any atom is -0.382 e. The second-order valence-electron chi connectivity index (χ2n) is 6.03. The first-order chi connectivity index (χ1) is 9.51. The van der Waals surface area contributed by atoms with Gasteiger partial charge in [-0.2, -0.15) is 0 Å². The Morgan fingerprint density at radius 1 is 1.10 bits per heavy atom. The van der Waals surface area contributed by atoms with Gasteiger partial charge in [0.15, 0.2) is 0 Å². The first-order valence-electron chi connectivity index (χ1n) is 7.49. The van der Waals surface area contributed by atoms with Gasteiger partial charge in [0, 0.05) is 12.1 Å². The number of halogens is 1. The van der Waals surface area contributed by atoms with E-state index in [0.29, 0.717) is 17.9 Å². The molecule has 2 nitrogen and oxygen atoms in total. The third kappa shape index (κ3) is 7.28. The van der Waals surface area contributed by atoms with Gasteiger partial charge in [0.25, 0.3) is 0 Å². The highest BCUT2D eigenvalue weighted by atomic mass is 35.5. The maximum atomic E-state index is 5.94. The van der Waals surface area contributed by atoms with Crippen molar-refractivity contribution in [3.63, 3.8) is 0 Å². The fourth-order valence-corrected chi connectivity index (χ4v) is 2.46. The van der Waals surface area contributed by atoms with E-state index in [4.69, 9.17) is 16.3 Å². The lowest BCUT2D eigenvalue weighted by Gasteiger charge is -2.21. The molecule has 3 heteroatoms. The van der Waals surface area contributed by atoms with E-state index < -0.39 is 0 Å².